The molecule has 132 valence electrons. The second kappa shape index (κ2) is 6.74. The Kier molecular flexibility index (Phi) is 4.45. The van der Waals surface area contributed by atoms with Crippen molar-refractivity contribution in [2.75, 3.05) is 37.7 Å². The number of sulfonamides is 1. The Balaban J connectivity index is 1.53. The molecule has 0 radical (unpaired) electrons. The van der Waals surface area contributed by atoms with Crippen molar-refractivity contribution in [1.82, 2.24) is 9.29 Å². The van der Waals surface area contributed by atoms with E-state index in [0.29, 0.717) is 26.3 Å². The van der Waals surface area contributed by atoms with Gasteiger partial charge in [0.1, 0.15) is 10.7 Å². The van der Waals surface area contributed by atoms with Crippen LogP contribution >= 0.6 is 0 Å². The van der Waals surface area contributed by atoms with Crippen molar-refractivity contribution in [2.24, 2.45) is 0 Å². The van der Waals surface area contributed by atoms with E-state index >= 15 is 0 Å². The van der Waals surface area contributed by atoms with Crippen LogP contribution in [0.1, 0.15) is 11.1 Å². The van der Waals surface area contributed by atoms with E-state index in [9.17, 15) is 8.42 Å². The molecule has 7 heteroatoms. The van der Waals surface area contributed by atoms with Crippen LogP contribution in [0.3, 0.4) is 0 Å². The highest BCUT2D eigenvalue weighted by atomic mass is 32.2. The van der Waals surface area contributed by atoms with Crippen LogP contribution in [0.5, 0.6) is 0 Å². The number of morpholine rings is 1. The molecule has 0 N–H and O–H groups in total. The van der Waals surface area contributed by atoms with Crippen molar-refractivity contribution in [3.8, 4) is 0 Å². The van der Waals surface area contributed by atoms with E-state index < -0.39 is 10.0 Å². The third-order valence-electron chi connectivity index (χ3n) is 4.78. The zero-order chi connectivity index (χ0) is 17.3. The molecule has 0 spiro atoms. The van der Waals surface area contributed by atoms with Gasteiger partial charge in [-0.2, -0.15) is 4.31 Å². The molecule has 0 unspecified atom stereocenters. The molecule has 0 amide bonds. The summed E-state index contributed by atoms with van der Waals surface area (Å²) in [6.45, 7) is 3.37. The molecule has 4 rings (SSSR count). The SMILES string of the molecule is O=S(=O)(c1ccc(N2CCc3ccccc3C2)nc1)N1CCOCC1. The van der Waals surface area contributed by atoms with Gasteiger partial charge in [0.15, 0.2) is 0 Å². The van der Waals surface area contributed by atoms with Crippen LogP contribution in [-0.4, -0.2) is 50.6 Å². The first-order chi connectivity index (χ1) is 12.1. The number of fused-ring (bicyclic) bond motifs is 1. The summed E-state index contributed by atoms with van der Waals surface area (Å²) in [5.74, 6) is 0.815. The van der Waals surface area contributed by atoms with Crippen LogP contribution in [0.25, 0.3) is 0 Å². The smallest absolute Gasteiger partial charge is 0.244 e. The maximum absolute atomic E-state index is 12.7. The largest absolute Gasteiger partial charge is 0.379 e. The maximum atomic E-state index is 12.7. The average molecular weight is 359 g/mol. The first-order valence-electron chi connectivity index (χ1n) is 8.50. The lowest BCUT2D eigenvalue weighted by molar-refractivity contribution is 0.0730. The van der Waals surface area contributed by atoms with Crippen LogP contribution in [0, 0.1) is 0 Å². The number of nitrogens with zero attached hydrogens (tertiary/aromatic N) is 3. The van der Waals surface area contributed by atoms with Gasteiger partial charge in [0, 0.05) is 32.4 Å². The quantitative estimate of drug-likeness (QED) is 0.834. The average Bonchev–Trinajstić information content (AvgIpc) is 2.68. The molecule has 1 aromatic heterocycles. The molecule has 0 atom stereocenters. The van der Waals surface area contributed by atoms with Crippen molar-refractivity contribution in [3.05, 3.63) is 53.7 Å². The Morgan fingerprint density at radius 1 is 0.960 bits per heavy atom. The van der Waals surface area contributed by atoms with E-state index in [1.807, 2.05) is 6.07 Å². The van der Waals surface area contributed by atoms with Crippen molar-refractivity contribution >= 4 is 15.8 Å². The zero-order valence-corrected chi connectivity index (χ0v) is 14.8. The van der Waals surface area contributed by atoms with E-state index in [0.717, 1.165) is 25.3 Å². The Morgan fingerprint density at radius 2 is 1.72 bits per heavy atom. The number of aromatic nitrogens is 1. The number of benzene rings is 1. The number of anilines is 1. The van der Waals surface area contributed by atoms with Crippen LogP contribution in [0.2, 0.25) is 0 Å². The Bertz CT molecular complexity index is 846. The van der Waals surface area contributed by atoms with Crippen LogP contribution < -0.4 is 4.90 Å². The first kappa shape index (κ1) is 16.5. The molecule has 0 saturated carbocycles. The molecule has 3 heterocycles. The third kappa shape index (κ3) is 3.27. The van der Waals surface area contributed by atoms with Crippen LogP contribution in [0.4, 0.5) is 5.82 Å². The molecular weight excluding hydrogens is 338 g/mol. The summed E-state index contributed by atoms with van der Waals surface area (Å²) in [6.07, 6.45) is 2.45. The fourth-order valence-corrected chi connectivity index (χ4v) is 4.69. The van der Waals surface area contributed by atoms with Gasteiger partial charge in [0.05, 0.1) is 13.2 Å². The lowest BCUT2D eigenvalue weighted by Crippen LogP contribution is -2.40. The highest BCUT2D eigenvalue weighted by molar-refractivity contribution is 7.89. The molecule has 1 saturated heterocycles. The molecule has 1 fully saturated rings. The van der Waals surface area contributed by atoms with E-state index in [1.165, 1.54) is 21.6 Å². The predicted molar refractivity (Wildman–Crippen MR) is 95.0 cm³/mol. The molecule has 0 aliphatic carbocycles. The standard InChI is InChI=1S/C18H21N3O3S/c22-25(23,21-9-11-24-12-10-21)17-5-6-18(19-13-17)20-8-7-15-3-1-2-4-16(15)14-20/h1-6,13H,7-12,14H2. The van der Waals surface area contributed by atoms with Crippen molar-refractivity contribution in [3.63, 3.8) is 0 Å². The minimum Gasteiger partial charge on any atom is -0.379 e. The number of hydrogen-bond donors (Lipinski definition) is 0. The van der Waals surface area contributed by atoms with Gasteiger partial charge in [0.2, 0.25) is 10.0 Å². The minimum atomic E-state index is -3.49. The Morgan fingerprint density at radius 3 is 2.44 bits per heavy atom. The van der Waals surface area contributed by atoms with Gasteiger partial charge in [-0.15, -0.1) is 0 Å². The Hall–Kier alpha value is -1.96. The topological polar surface area (TPSA) is 62.7 Å². The first-order valence-corrected chi connectivity index (χ1v) is 9.94. The maximum Gasteiger partial charge on any atom is 0.244 e. The molecular formula is C18H21N3O3S. The summed E-state index contributed by atoms with van der Waals surface area (Å²) in [4.78, 5) is 6.86. The second-order valence-electron chi connectivity index (χ2n) is 6.31. The summed E-state index contributed by atoms with van der Waals surface area (Å²) < 4.78 is 32.0. The van der Waals surface area contributed by atoms with Crippen LogP contribution in [-0.2, 0) is 27.7 Å². The van der Waals surface area contributed by atoms with Gasteiger partial charge in [-0.3, -0.25) is 0 Å². The highest BCUT2D eigenvalue weighted by Gasteiger charge is 2.27. The molecule has 25 heavy (non-hydrogen) atoms. The van der Waals surface area contributed by atoms with Crippen molar-refractivity contribution in [2.45, 2.75) is 17.9 Å². The van der Waals surface area contributed by atoms with Gasteiger partial charge in [-0.05, 0) is 29.7 Å². The van der Waals surface area contributed by atoms with E-state index in [2.05, 4.69) is 28.1 Å². The highest BCUT2D eigenvalue weighted by Crippen LogP contribution is 2.24. The zero-order valence-electron chi connectivity index (χ0n) is 14.0. The molecule has 1 aromatic carbocycles. The lowest BCUT2D eigenvalue weighted by atomic mass is 10.00. The molecule has 6 nitrogen and oxygen atoms in total. The van der Waals surface area contributed by atoms with Crippen molar-refractivity contribution < 1.29 is 13.2 Å². The monoisotopic (exact) mass is 359 g/mol. The molecule has 2 aliphatic rings. The number of hydrogen-bond acceptors (Lipinski definition) is 5. The number of rotatable bonds is 3. The van der Waals surface area contributed by atoms with Gasteiger partial charge < -0.3 is 9.64 Å². The fourth-order valence-electron chi connectivity index (χ4n) is 3.34. The molecule has 0 bridgehead atoms. The molecule has 2 aliphatic heterocycles. The second-order valence-corrected chi connectivity index (χ2v) is 8.25. The number of ether oxygens (including phenoxy) is 1. The summed E-state index contributed by atoms with van der Waals surface area (Å²) in [5, 5.41) is 0. The summed E-state index contributed by atoms with van der Waals surface area (Å²) >= 11 is 0. The summed E-state index contributed by atoms with van der Waals surface area (Å²) in [7, 11) is -3.49. The Labute approximate surface area is 148 Å². The number of pyridine rings is 1. The predicted octanol–water partition coefficient (Wildman–Crippen LogP) is 1.67. The van der Waals surface area contributed by atoms with Gasteiger partial charge in [-0.25, -0.2) is 13.4 Å². The van der Waals surface area contributed by atoms with E-state index in [4.69, 9.17) is 4.74 Å². The normalized spacial score (nSPS) is 18.8. The van der Waals surface area contributed by atoms with Gasteiger partial charge in [-0.1, -0.05) is 24.3 Å². The lowest BCUT2D eigenvalue weighted by Gasteiger charge is -2.30. The van der Waals surface area contributed by atoms with E-state index in [-0.39, 0.29) is 4.90 Å². The van der Waals surface area contributed by atoms with E-state index in [1.54, 1.807) is 12.1 Å². The minimum absolute atomic E-state index is 0.246. The summed E-state index contributed by atoms with van der Waals surface area (Å²) in [5.41, 5.74) is 2.69. The fraction of sp³-hybridized carbons (Fsp3) is 0.389. The van der Waals surface area contributed by atoms with Gasteiger partial charge >= 0.3 is 0 Å². The molecule has 2 aromatic rings. The van der Waals surface area contributed by atoms with Gasteiger partial charge in [0.25, 0.3) is 0 Å². The summed E-state index contributed by atoms with van der Waals surface area (Å²) in [6, 6.07) is 11.9. The third-order valence-corrected chi connectivity index (χ3v) is 6.67. The van der Waals surface area contributed by atoms with Crippen LogP contribution in [0.15, 0.2) is 47.5 Å². The van der Waals surface area contributed by atoms with Crippen molar-refractivity contribution in [1.29, 1.82) is 0 Å².